The first-order valence-corrected chi connectivity index (χ1v) is 6.94. The predicted molar refractivity (Wildman–Crippen MR) is 74.5 cm³/mol. The lowest BCUT2D eigenvalue weighted by Gasteiger charge is -2.03. The van der Waals surface area contributed by atoms with Crippen LogP contribution in [0.15, 0.2) is 46.3 Å². The van der Waals surface area contributed by atoms with Gasteiger partial charge in [0.1, 0.15) is 0 Å². The minimum atomic E-state index is -0.0128. The van der Waals surface area contributed by atoms with Crippen molar-refractivity contribution in [1.29, 1.82) is 0 Å². The Hall–Kier alpha value is -1.13. The zero-order valence-corrected chi connectivity index (χ0v) is 11.6. The molecule has 2 rings (SSSR count). The Morgan fingerprint density at radius 2 is 1.94 bits per heavy atom. The highest BCUT2D eigenvalue weighted by atomic mass is 79.9. The predicted octanol–water partition coefficient (Wildman–Crippen LogP) is 3.48. The van der Waals surface area contributed by atoms with Crippen LogP contribution in [-0.4, -0.2) is 12.5 Å². The van der Waals surface area contributed by atoms with Gasteiger partial charge in [0.05, 0.1) is 3.79 Å². The van der Waals surface area contributed by atoms with E-state index in [0.717, 1.165) is 10.2 Å². The molecule has 0 spiro atoms. The Bertz CT molecular complexity index is 495. The molecule has 0 radical (unpaired) electrons. The average molecular weight is 310 g/mol. The van der Waals surface area contributed by atoms with Gasteiger partial charge in [0.15, 0.2) is 0 Å². The highest BCUT2D eigenvalue weighted by molar-refractivity contribution is 9.11. The maximum Gasteiger partial charge on any atom is 0.251 e. The van der Waals surface area contributed by atoms with E-state index in [1.165, 1.54) is 4.88 Å². The lowest BCUT2D eigenvalue weighted by molar-refractivity contribution is 0.0954. The molecule has 0 aliphatic heterocycles. The van der Waals surface area contributed by atoms with Crippen molar-refractivity contribution in [2.24, 2.45) is 0 Å². The van der Waals surface area contributed by atoms with E-state index in [1.807, 2.05) is 36.4 Å². The molecule has 0 saturated heterocycles. The minimum Gasteiger partial charge on any atom is -0.352 e. The molecule has 4 heteroatoms. The van der Waals surface area contributed by atoms with Crippen LogP contribution in [0.2, 0.25) is 0 Å². The molecule has 1 N–H and O–H groups in total. The zero-order chi connectivity index (χ0) is 12.1. The SMILES string of the molecule is O=C(NCCc1ccc(Br)s1)c1ccccc1. The summed E-state index contributed by atoms with van der Waals surface area (Å²) in [6, 6.07) is 13.4. The summed E-state index contributed by atoms with van der Waals surface area (Å²) in [7, 11) is 0. The summed E-state index contributed by atoms with van der Waals surface area (Å²) in [6.07, 6.45) is 0.870. The molecule has 0 bridgehead atoms. The summed E-state index contributed by atoms with van der Waals surface area (Å²) >= 11 is 5.12. The lowest BCUT2D eigenvalue weighted by atomic mass is 10.2. The number of carbonyl (C=O) groups excluding carboxylic acids is 1. The maximum atomic E-state index is 11.7. The van der Waals surface area contributed by atoms with Crippen LogP contribution in [0, 0.1) is 0 Å². The van der Waals surface area contributed by atoms with Crippen LogP contribution in [0.5, 0.6) is 0 Å². The number of nitrogens with one attached hydrogen (secondary N) is 1. The van der Waals surface area contributed by atoms with Crippen molar-refractivity contribution in [3.63, 3.8) is 0 Å². The number of thiophene rings is 1. The number of hydrogen-bond acceptors (Lipinski definition) is 2. The zero-order valence-electron chi connectivity index (χ0n) is 9.15. The van der Waals surface area contributed by atoms with Crippen molar-refractivity contribution in [1.82, 2.24) is 5.32 Å². The Kier molecular flexibility index (Phi) is 4.34. The Labute approximate surface area is 113 Å². The number of benzene rings is 1. The van der Waals surface area contributed by atoms with E-state index in [4.69, 9.17) is 0 Å². The van der Waals surface area contributed by atoms with Gasteiger partial charge in [-0.15, -0.1) is 11.3 Å². The Balaban J connectivity index is 1.81. The number of amides is 1. The maximum absolute atomic E-state index is 11.7. The first kappa shape index (κ1) is 12.3. The van der Waals surface area contributed by atoms with E-state index < -0.39 is 0 Å². The second kappa shape index (κ2) is 5.98. The quantitative estimate of drug-likeness (QED) is 0.920. The molecular weight excluding hydrogens is 298 g/mol. The summed E-state index contributed by atoms with van der Waals surface area (Å²) in [5.41, 5.74) is 0.708. The number of hydrogen-bond donors (Lipinski definition) is 1. The fourth-order valence-electron chi connectivity index (χ4n) is 1.48. The molecule has 0 saturated carbocycles. The molecule has 0 aliphatic carbocycles. The molecular formula is C13H12BrNOS. The van der Waals surface area contributed by atoms with Crippen LogP contribution in [0.4, 0.5) is 0 Å². The van der Waals surface area contributed by atoms with Crippen LogP contribution in [0.3, 0.4) is 0 Å². The molecule has 0 fully saturated rings. The first-order valence-electron chi connectivity index (χ1n) is 5.33. The largest absolute Gasteiger partial charge is 0.352 e. The fourth-order valence-corrected chi connectivity index (χ4v) is 2.96. The van der Waals surface area contributed by atoms with E-state index in [9.17, 15) is 4.79 Å². The molecule has 0 atom stereocenters. The second-order valence-corrected chi connectivity index (χ2v) is 6.13. The standard InChI is InChI=1S/C13H12BrNOS/c14-12-7-6-11(17-12)8-9-15-13(16)10-4-2-1-3-5-10/h1-7H,8-9H2,(H,15,16). The van der Waals surface area contributed by atoms with Gasteiger partial charge in [0, 0.05) is 17.0 Å². The number of carbonyl (C=O) groups is 1. The third kappa shape index (κ3) is 3.68. The summed E-state index contributed by atoms with van der Waals surface area (Å²) in [5.74, 6) is -0.0128. The van der Waals surface area contributed by atoms with Crippen LogP contribution in [0.25, 0.3) is 0 Å². The average Bonchev–Trinajstić information content (AvgIpc) is 2.76. The normalized spacial score (nSPS) is 10.2. The van der Waals surface area contributed by atoms with Crippen LogP contribution < -0.4 is 5.32 Å². The summed E-state index contributed by atoms with van der Waals surface area (Å²) < 4.78 is 1.13. The minimum absolute atomic E-state index is 0.0128. The highest BCUT2D eigenvalue weighted by Gasteiger charge is 2.03. The highest BCUT2D eigenvalue weighted by Crippen LogP contribution is 2.22. The van der Waals surface area contributed by atoms with Gasteiger partial charge in [0.25, 0.3) is 5.91 Å². The van der Waals surface area contributed by atoms with Crippen molar-refractivity contribution < 1.29 is 4.79 Å². The van der Waals surface area contributed by atoms with Crippen molar-refractivity contribution in [3.05, 3.63) is 56.7 Å². The first-order chi connectivity index (χ1) is 8.25. The van der Waals surface area contributed by atoms with Gasteiger partial charge in [-0.25, -0.2) is 0 Å². The smallest absolute Gasteiger partial charge is 0.251 e. The molecule has 2 nitrogen and oxygen atoms in total. The Morgan fingerprint density at radius 1 is 1.18 bits per heavy atom. The summed E-state index contributed by atoms with van der Waals surface area (Å²) in [5, 5.41) is 2.91. The molecule has 88 valence electrons. The van der Waals surface area contributed by atoms with Crippen molar-refractivity contribution in [2.75, 3.05) is 6.54 Å². The van der Waals surface area contributed by atoms with E-state index in [0.29, 0.717) is 12.1 Å². The third-order valence-electron chi connectivity index (χ3n) is 2.32. The van der Waals surface area contributed by atoms with Crippen LogP contribution in [-0.2, 0) is 6.42 Å². The third-order valence-corrected chi connectivity index (χ3v) is 4.01. The molecule has 1 amide bonds. The van der Waals surface area contributed by atoms with Gasteiger partial charge in [-0.05, 0) is 46.6 Å². The molecule has 1 aromatic carbocycles. The molecule has 1 heterocycles. The monoisotopic (exact) mass is 309 g/mol. The van der Waals surface area contributed by atoms with Crippen molar-refractivity contribution in [3.8, 4) is 0 Å². The van der Waals surface area contributed by atoms with Gasteiger partial charge in [-0.1, -0.05) is 18.2 Å². The van der Waals surface area contributed by atoms with Crippen molar-refractivity contribution in [2.45, 2.75) is 6.42 Å². The van der Waals surface area contributed by atoms with Gasteiger partial charge < -0.3 is 5.32 Å². The van der Waals surface area contributed by atoms with Gasteiger partial charge >= 0.3 is 0 Å². The van der Waals surface area contributed by atoms with Crippen LogP contribution >= 0.6 is 27.3 Å². The van der Waals surface area contributed by atoms with E-state index in [1.54, 1.807) is 11.3 Å². The number of rotatable bonds is 4. The van der Waals surface area contributed by atoms with Gasteiger partial charge in [0.2, 0.25) is 0 Å². The van der Waals surface area contributed by atoms with Crippen LogP contribution in [0.1, 0.15) is 15.2 Å². The lowest BCUT2D eigenvalue weighted by Crippen LogP contribution is -2.25. The molecule has 0 unspecified atom stereocenters. The summed E-state index contributed by atoms with van der Waals surface area (Å²) in [4.78, 5) is 13.0. The topological polar surface area (TPSA) is 29.1 Å². The summed E-state index contributed by atoms with van der Waals surface area (Å²) in [6.45, 7) is 0.667. The van der Waals surface area contributed by atoms with E-state index in [2.05, 4.69) is 27.3 Å². The van der Waals surface area contributed by atoms with E-state index in [-0.39, 0.29) is 5.91 Å². The Morgan fingerprint density at radius 3 is 2.59 bits per heavy atom. The van der Waals surface area contributed by atoms with Gasteiger partial charge in [-0.3, -0.25) is 4.79 Å². The van der Waals surface area contributed by atoms with E-state index >= 15 is 0 Å². The van der Waals surface area contributed by atoms with Gasteiger partial charge in [-0.2, -0.15) is 0 Å². The fraction of sp³-hybridized carbons (Fsp3) is 0.154. The molecule has 2 aromatic rings. The molecule has 0 aliphatic rings. The second-order valence-electron chi connectivity index (χ2n) is 3.58. The van der Waals surface area contributed by atoms with Crippen molar-refractivity contribution >= 4 is 33.2 Å². The number of halogens is 1. The molecule has 1 aromatic heterocycles. The molecule has 17 heavy (non-hydrogen) atoms.